The summed E-state index contributed by atoms with van der Waals surface area (Å²) in [6, 6.07) is 3.86. The molecule has 1 saturated carbocycles. The third-order valence-electron chi connectivity index (χ3n) is 10.6. The van der Waals surface area contributed by atoms with Gasteiger partial charge in [0.15, 0.2) is 0 Å². The molecule has 5 N–H and O–H groups in total. The Labute approximate surface area is 283 Å². The van der Waals surface area contributed by atoms with Gasteiger partial charge in [-0.2, -0.15) is 0 Å². The number of nitrogens with one attached hydrogen (secondary N) is 1. The molecule has 4 aliphatic rings. The molecule has 2 fully saturated rings. The minimum atomic E-state index is -1.81. The number of aliphatic hydroxyl groups excluding tert-OH is 2. The molecule has 266 valence electrons. The van der Waals surface area contributed by atoms with Crippen LogP contribution in [0.5, 0.6) is 11.5 Å². The number of aromatic hydroxyl groups is 1. The van der Waals surface area contributed by atoms with Crippen LogP contribution >= 0.6 is 0 Å². The fraction of sp³-hybridized carbons (Fsp3) is 0.694. The van der Waals surface area contributed by atoms with Crippen LogP contribution in [0.1, 0.15) is 89.0 Å². The highest BCUT2D eigenvalue weighted by Crippen LogP contribution is 2.60. The number of rotatable bonds is 16. The number of unbranched alkanes of at least 4 members (excludes halogenated alkanes) is 2. The second-order valence-corrected chi connectivity index (χ2v) is 13.7. The first-order valence-corrected chi connectivity index (χ1v) is 17.9. The summed E-state index contributed by atoms with van der Waals surface area (Å²) in [7, 11) is 1.49. The zero-order chi connectivity index (χ0) is 34.3. The number of allylic oxidation sites excluding steroid dienone is 1. The third-order valence-corrected chi connectivity index (χ3v) is 10.6. The number of benzene rings is 1. The fourth-order valence-corrected chi connectivity index (χ4v) is 8.54. The largest absolute Gasteiger partial charge is 0.508 e. The molecule has 12 heteroatoms. The Kier molecular flexibility index (Phi) is 12.3. The lowest BCUT2D eigenvalue weighted by Crippen LogP contribution is -2.69. The molecule has 5 rings (SSSR count). The van der Waals surface area contributed by atoms with Crippen LogP contribution in [0.15, 0.2) is 35.0 Å². The Hall–Kier alpha value is -3.35. The highest BCUT2D eigenvalue weighted by molar-refractivity contribution is 6.03. The van der Waals surface area contributed by atoms with Crippen LogP contribution < -0.4 is 10.1 Å². The molecule has 0 spiro atoms. The fourth-order valence-electron chi connectivity index (χ4n) is 8.54. The molecule has 0 bridgehead atoms. The number of hydrogen-bond donors (Lipinski definition) is 5. The summed E-state index contributed by atoms with van der Waals surface area (Å²) in [5.41, 5.74) is 2.28. The lowest BCUT2D eigenvalue weighted by molar-refractivity contribution is -0.228. The number of oxime groups is 1. The predicted octanol–water partition coefficient (Wildman–Crippen LogP) is 3.88. The molecule has 3 amide bonds. The van der Waals surface area contributed by atoms with Crippen molar-refractivity contribution in [2.45, 2.75) is 95.3 Å². The number of fused-ring (bicyclic) bond motifs is 2. The molecule has 1 saturated heterocycles. The molecule has 2 heterocycles. The number of carbonyl (C=O) groups excluding carboxylic acids is 2. The molecule has 2 aliphatic heterocycles. The number of phenolic OH excluding ortho intramolecular Hbond substituents is 1. The van der Waals surface area contributed by atoms with Gasteiger partial charge in [-0.25, -0.2) is 4.79 Å². The summed E-state index contributed by atoms with van der Waals surface area (Å²) < 4.78 is 6.61. The summed E-state index contributed by atoms with van der Waals surface area (Å²) in [5.74, 6) is -1.85. The van der Waals surface area contributed by atoms with Crippen LogP contribution in [0, 0.1) is 17.8 Å². The van der Waals surface area contributed by atoms with Crippen LogP contribution in [0.3, 0.4) is 0 Å². The van der Waals surface area contributed by atoms with Gasteiger partial charge in [-0.1, -0.05) is 31.0 Å². The van der Waals surface area contributed by atoms with Crippen LogP contribution in [0.2, 0.25) is 0 Å². The minimum absolute atomic E-state index is 0.0317. The molecular weight excluding hydrogens is 616 g/mol. The van der Waals surface area contributed by atoms with E-state index in [1.807, 2.05) is 11.8 Å². The molecule has 0 aromatic heterocycles. The molecule has 0 radical (unpaired) electrons. The second-order valence-electron chi connectivity index (χ2n) is 13.7. The predicted molar refractivity (Wildman–Crippen MR) is 181 cm³/mol. The molecule has 12 nitrogen and oxygen atoms in total. The van der Waals surface area contributed by atoms with Gasteiger partial charge < -0.3 is 45.1 Å². The number of amides is 3. The van der Waals surface area contributed by atoms with Crippen molar-refractivity contribution in [3.8, 4) is 11.5 Å². The van der Waals surface area contributed by atoms with Gasteiger partial charge >= 0.3 is 6.03 Å². The van der Waals surface area contributed by atoms with E-state index in [0.717, 1.165) is 49.8 Å². The van der Waals surface area contributed by atoms with E-state index in [9.17, 15) is 30.0 Å². The summed E-state index contributed by atoms with van der Waals surface area (Å²) in [6.45, 7) is 4.28. The Morgan fingerprint density at radius 1 is 1.17 bits per heavy atom. The van der Waals surface area contributed by atoms with Gasteiger partial charge in [-0.05, 0) is 80.6 Å². The number of phenols is 1. The van der Waals surface area contributed by atoms with Crippen molar-refractivity contribution in [3.05, 3.63) is 35.4 Å². The maximum Gasteiger partial charge on any atom is 0.317 e. The average Bonchev–Trinajstić information content (AvgIpc) is 3.48. The molecule has 2 aliphatic carbocycles. The molecule has 1 aromatic rings. The number of hydrogen-bond acceptors (Lipinski definition) is 9. The van der Waals surface area contributed by atoms with Crippen molar-refractivity contribution >= 4 is 17.6 Å². The van der Waals surface area contributed by atoms with E-state index >= 15 is 0 Å². The monoisotopic (exact) mass is 670 g/mol. The van der Waals surface area contributed by atoms with Gasteiger partial charge in [-0.15, -0.1) is 0 Å². The van der Waals surface area contributed by atoms with Crippen LogP contribution in [-0.2, 0) is 9.63 Å². The normalized spacial score (nSPS) is 28.4. The summed E-state index contributed by atoms with van der Waals surface area (Å²) in [6.07, 6.45) is 9.66. The Bertz CT molecular complexity index is 1340. The van der Waals surface area contributed by atoms with Gasteiger partial charge in [-0.3, -0.25) is 4.79 Å². The number of nitrogens with zero attached hydrogens (tertiary/aromatic N) is 3. The van der Waals surface area contributed by atoms with Crippen molar-refractivity contribution < 1.29 is 39.6 Å². The quantitative estimate of drug-likeness (QED) is 0.131. The van der Waals surface area contributed by atoms with Gasteiger partial charge in [0, 0.05) is 63.7 Å². The van der Waals surface area contributed by atoms with Gasteiger partial charge in [0.2, 0.25) is 11.7 Å². The Balaban J connectivity index is 1.53. The van der Waals surface area contributed by atoms with E-state index in [1.165, 1.54) is 7.11 Å². The van der Waals surface area contributed by atoms with Crippen molar-refractivity contribution in [3.63, 3.8) is 0 Å². The SMILES string of the molecule is CCCN(C(=O)NCCCN1CCCC1=O)[C@H]1CC(=NOC)C2=C[C@H](CCCCO)[C@@H](CCCCO)[C@@H]3c4cc(O)ccc4O[C@@]1(O)[C@H]23. The molecule has 1 aromatic carbocycles. The zero-order valence-corrected chi connectivity index (χ0v) is 28.5. The molecule has 6 atom stereocenters. The average molecular weight is 671 g/mol. The first-order valence-electron chi connectivity index (χ1n) is 17.9. The van der Waals surface area contributed by atoms with E-state index in [2.05, 4.69) is 16.5 Å². The van der Waals surface area contributed by atoms with E-state index in [-0.39, 0.29) is 55.1 Å². The van der Waals surface area contributed by atoms with Gasteiger partial charge in [0.25, 0.3) is 0 Å². The smallest absolute Gasteiger partial charge is 0.317 e. The van der Waals surface area contributed by atoms with Crippen molar-refractivity contribution in [2.24, 2.45) is 22.9 Å². The Morgan fingerprint density at radius 2 is 1.94 bits per heavy atom. The number of aliphatic hydroxyl groups is 3. The topological polar surface area (TPSA) is 164 Å². The molecule has 48 heavy (non-hydrogen) atoms. The Morgan fingerprint density at radius 3 is 2.62 bits per heavy atom. The first kappa shape index (κ1) is 35.9. The third kappa shape index (κ3) is 7.45. The highest BCUT2D eigenvalue weighted by Gasteiger charge is 2.64. The van der Waals surface area contributed by atoms with Crippen molar-refractivity contribution in [1.82, 2.24) is 15.1 Å². The molecular formula is C36H54N4O8. The van der Waals surface area contributed by atoms with Crippen molar-refractivity contribution in [2.75, 3.05) is 46.5 Å². The van der Waals surface area contributed by atoms with Crippen LogP contribution in [-0.4, -0.2) is 106 Å². The maximum atomic E-state index is 14.0. The molecule has 0 unspecified atom stereocenters. The zero-order valence-electron chi connectivity index (χ0n) is 28.5. The minimum Gasteiger partial charge on any atom is -0.508 e. The number of ether oxygens (including phenoxy) is 1. The number of carbonyl (C=O) groups is 2. The lowest BCUT2D eigenvalue weighted by atomic mass is 9.55. The van der Waals surface area contributed by atoms with Crippen LogP contribution in [0.25, 0.3) is 0 Å². The van der Waals surface area contributed by atoms with Crippen LogP contribution in [0.4, 0.5) is 4.79 Å². The van der Waals surface area contributed by atoms with E-state index < -0.39 is 17.7 Å². The highest BCUT2D eigenvalue weighted by atomic mass is 16.6. The number of likely N-dealkylation sites (tertiary alicyclic amines) is 1. The van der Waals surface area contributed by atoms with E-state index in [4.69, 9.17) is 9.57 Å². The number of urea groups is 1. The first-order chi connectivity index (χ1) is 23.3. The lowest BCUT2D eigenvalue weighted by Gasteiger charge is -2.58. The summed E-state index contributed by atoms with van der Waals surface area (Å²) in [5, 5.41) is 50.4. The van der Waals surface area contributed by atoms with Crippen molar-refractivity contribution in [1.29, 1.82) is 0 Å². The maximum absolute atomic E-state index is 14.0. The van der Waals surface area contributed by atoms with E-state index in [0.29, 0.717) is 63.2 Å². The summed E-state index contributed by atoms with van der Waals surface area (Å²) >= 11 is 0. The van der Waals surface area contributed by atoms with Gasteiger partial charge in [0.1, 0.15) is 24.7 Å². The second kappa shape index (κ2) is 16.4. The van der Waals surface area contributed by atoms with E-state index in [1.54, 1.807) is 23.1 Å². The van der Waals surface area contributed by atoms with Gasteiger partial charge in [0.05, 0.1) is 11.6 Å². The standard InChI is InChI=1S/C36H54N4O8/c1-3-16-40(35(45)37-15-9-18-39-17-8-12-32(39)44)31-23-29(38-47-2)27-21-24(10-4-6-19-41)26(11-5-7-20-42)33-28-22-25(43)13-14-30(28)48-36(31,46)34(27)33/h13-14,21-22,24,26,31,33-34,41-43,46H,3-12,15-20,23H2,1-2H3,(H,37,45)/t24-,26+,31-,33+,34+,36+/m0/s1. The summed E-state index contributed by atoms with van der Waals surface area (Å²) in [4.78, 5) is 34.9.